The lowest BCUT2D eigenvalue weighted by Crippen LogP contribution is -2.69. The molecule has 3 unspecified atom stereocenters. The van der Waals surface area contributed by atoms with Crippen LogP contribution in [-0.4, -0.2) is 58.9 Å². The van der Waals surface area contributed by atoms with Crippen molar-refractivity contribution in [2.24, 2.45) is 5.10 Å². The smallest absolute Gasteiger partial charge is 0.268 e. The number of ether oxygens (including phenoxy) is 1. The zero-order chi connectivity index (χ0) is 20.4. The van der Waals surface area contributed by atoms with E-state index < -0.39 is 6.17 Å². The number of nitrogens with one attached hydrogen (secondary N) is 2. The zero-order valence-corrected chi connectivity index (χ0v) is 17.1. The molecule has 0 radical (unpaired) electrons. The number of amides is 2. The molecule has 2 fully saturated rings. The van der Waals surface area contributed by atoms with Crippen LogP contribution in [0, 0.1) is 0 Å². The standard InChI is InChI=1S/C21H29N5O3/c1-3-18-23-24-20-21(28)25(16-7-5-6-8-17(16)26(18)20)13-19(27)22-14-9-11-15(12-10-14)29-4-2/h9-12,16-17,20,24H,3-8,13H2,1-2H3,(H,22,27). The molecule has 1 aromatic carbocycles. The van der Waals surface area contributed by atoms with Crippen LogP contribution < -0.4 is 15.5 Å². The van der Waals surface area contributed by atoms with Gasteiger partial charge in [0, 0.05) is 12.1 Å². The Labute approximate surface area is 171 Å². The Balaban J connectivity index is 1.46. The van der Waals surface area contributed by atoms with Crippen molar-refractivity contribution >= 4 is 23.3 Å². The van der Waals surface area contributed by atoms with E-state index >= 15 is 0 Å². The van der Waals surface area contributed by atoms with Crippen molar-refractivity contribution in [2.75, 3.05) is 18.5 Å². The predicted octanol–water partition coefficient (Wildman–Crippen LogP) is 2.13. The summed E-state index contributed by atoms with van der Waals surface area (Å²) in [6.07, 6.45) is 4.47. The number of benzene rings is 1. The average molecular weight is 399 g/mol. The number of fused-ring (bicyclic) bond motifs is 3. The van der Waals surface area contributed by atoms with Crippen molar-refractivity contribution < 1.29 is 14.3 Å². The Morgan fingerprint density at radius 3 is 2.62 bits per heavy atom. The SMILES string of the molecule is CCOc1ccc(NC(=O)CN2C(=O)C3NN=C(CC)N3C3CCCCC32)cc1. The fourth-order valence-corrected chi connectivity index (χ4v) is 4.68. The first-order chi connectivity index (χ1) is 14.1. The highest BCUT2D eigenvalue weighted by molar-refractivity contribution is 5.98. The molecule has 2 N–H and O–H groups in total. The summed E-state index contributed by atoms with van der Waals surface area (Å²) in [6.45, 7) is 4.64. The summed E-state index contributed by atoms with van der Waals surface area (Å²) in [4.78, 5) is 29.8. The lowest BCUT2D eigenvalue weighted by molar-refractivity contribution is -0.151. The Hall–Kier alpha value is -2.77. The lowest BCUT2D eigenvalue weighted by atomic mass is 9.85. The van der Waals surface area contributed by atoms with Crippen LogP contribution in [0.1, 0.15) is 46.0 Å². The van der Waals surface area contributed by atoms with E-state index in [0.717, 1.165) is 43.7 Å². The minimum atomic E-state index is -0.484. The maximum absolute atomic E-state index is 13.2. The number of anilines is 1. The molecule has 3 atom stereocenters. The Kier molecular flexibility index (Phi) is 5.60. The summed E-state index contributed by atoms with van der Waals surface area (Å²) in [5.74, 6) is 1.46. The van der Waals surface area contributed by atoms with Crippen molar-refractivity contribution in [1.29, 1.82) is 0 Å². The molecule has 4 rings (SSSR count). The van der Waals surface area contributed by atoms with Gasteiger partial charge in [-0.2, -0.15) is 5.10 Å². The average Bonchev–Trinajstić information content (AvgIpc) is 3.17. The van der Waals surface area contributed by atoms with E-state index in [1.165, 1.54) is 0 Å². The summed E-state index contributed by atoms with van der Waals surface area (Å²) >= 11 is 0. The summed E-state index contributed by atoms with van der Waals surface area (Å²) in [7, 11) is 0. The van der Waals surface area contributed by atoms with Crippen molar-refractivity contribution in [1.82, 2.24) is 15.2 Å². The largest absolute Gasteiger partial charge is 0.494 e. The van der Waals surface area contributed by atoms with Crippen molar-refractivity contribution in [2.45, 2.75) is 64.2 Å². The highest BCUT2D eigenvalue weighted by Crippen LogP contribution is 2.35. The van der Waals surface area contributed by atoms with Gasteiger partial charge in [-0.25, -0.2) is 0 Å². The third-order valence-electron chi connectivity index (χ3n) is 5.94. The monoisotopic (exact) mass is 399 g/mol. The third kappa shape index (κ3) is 3.75. The first-order valence-corrected chi connectivity index (χ1v) is 10.6. The molecule has 156 valence electrons. The summed E-state index contributed by atoms with van der Waals surface area (Å²) < 4.78 is 5.43. The first kappa shape index (κ1) is 19.5. The van der Waals surface area contributed by atoms with Crippen LogP contribution in [0.15, 0.2) is 29.4 Å². The van der Waals surface area contributed by atoms with E-state index in [1.807, 2.05) is 31.2 Å². The van der Waals surface area contributed by atoms with E-state index in [2.05, 4.69) is 27.7 Å². The van der Waals surface area contributed by atoms with Gasteiger partial charge in [0.05, 0.1) is 18.7 Å². The normalized spacial score (nSPS) is 25.7. The van der Waals surface area contributed by atoms with Crippen LogP contribution in [-0.2, 0) is 9.59 Å². The molecular weight excluding hydrogens is 370 g/mol. The van der Waals surface area contributed by atoms with Gasteiger partial charge in [0.2, 0.25) is 5.91 Å². The van der Waals surface area contributed by atoms with Crippen LogP contribution in [0.25, 0.3) is 0 Å². The first-order valence-electron chi connectivity index (χ1n) is 10.6. The molecule has 1 aromatic rings. The molecule has 1 saturated heterocycles. The fourth-order valence-electron chi connectivity index (χ4n) is 4.68. The summed E-state index contributed by atoms with van der Waals surface area (Å²) in [6, 6.07) is 7.55. The van der Waals surface area contributed by atoms with Crippen molar-refractivity contribution in [3.05, 3.63) is 24.3 Å². The van der Waals surface area contributed by atoms with Gasteiger partial charge < -0.3 is 19.9 Å². The van der Waals surface area contributed by atoms with E-state index in [-0.39, 0.29) is 30.4 Å². The van der Waals surface area contributed by atoms with E-state index in [0.29, 0.717) is 12.3 Å². The van der Waals surface area contributed by atoms with Gasteiger partial charge >= 0.3 is 0 Å². The second kappa shape index (κ2) is 8.31. The lowest BCUT2D eigenvalue weighted by Gasteiger charge is -2.51. The molecule has 1 aliphatic carbocycles. The van der Waals surface area contributed by atoms with E-state index in [1.54, 1.807) is 4.90 Å². The minimum Gasteiger partial charge on any atom is -0.494 e. The zero-order valence-electron chi connectivity index (χ0n) is 17.1. The summed E-state index contributed by atoms with van der Waals surface area (Å²) in [5, 5.41) is 7.28. The number of amidine groups is 1. The predicted molar refractivity (Wildman–Crippen MR) is 110 cm³/mol. The van der Waals surface area contributed by atoms with Crippen LogP contribution in [0.2, 0.25) is 0 Å². The molecule has 0 aromatic heterocycles. The van der Waals surface area contributed by atoms with Crippen LogP contribution in [0.4, 0.5) is 5.69 Å². The number of carbonyl (C=O) groups is 2. The number of carbonyl (C=O) groups excluding carboxylic acids is 2. The van der Waals surface area contributed by atoms with E-state index in [4.69, 9.17) is 4.74 Å². The number of nitrogens with zero attached hydrogens (tertiary/aromatic N) is 3. The molecule has 8 nitrogen and oxygen atoms in total. The van der Waals surface area contributed by atoms with Crippen LogP contribution in [0.5, 0.6) is 5.75 Å². The maximum atomic E-state index is 13.2. The van der Waals surface area contributed by atoms with Gasteiger partial charge in [-0.3, -0.25) is 15.0 Å². The second-order valence-corrected chi connectivity index (χ2v) is 7.71. The van der Waals surface area contributed by atoms with Gasteiger partial charge in [0.15, 0.2) is 6.17 Å². The number of hydrazone groups is 1. The van der Waals surface area contributed by atoms with Gasteiger partial charge in [0.25, 0.3) is 5.91 Å². The number of piperazine rings is 1. The Morgan fingerprint density at radius 2 is 1.93 bits per heavy atom. The van der Waals surface area contributed by atoms with E-state index in [9.17, 15) is 9.59 Å². The fraction of sp³-hybridized carbons (Fsp3) is 0.571. The van der Waals surface area contributed by atoms with Gasteiger partial charge in [-0.15, -0.1) is 0 Å². The highest BCUT2D eigenvalue weighted by Gasteiger charge is 2.50. The third-order valence-corrected chi connectivity index (χ3v) is 5.94. The molecule has 3 aliphatic rings. The molecule has 2 amide bonds. The number of hydrogen-bond donors (Lipinski definition) is 2. The minimum absolute atomic E-state index is 0.0511. The molecule has 2 heterocycles. The maximum Gasteiger partial charge on any atom is 0.268 e. The van der Waals surface area contributed by atoms with Gasteiger partial charge in [-0.05, 0) is 44.0 Å². The Bertz CT molecular complexity index is 794. The topological polar surface area (TPSA) is 86.3 Å². The molecule has 2 aliphatic heterocycles. The quantitative estimate of drug-likeness (QED) is 0.765. The van der Waals surface area contributed by atoms with Gasteiger partial charge in [0.1, 0.15) is 18.1 Å². The molecule has 0 bridgehead atoms. The van der Waals surface area contributed by atoms with Crippen molar-refractivity contribution in [3.8, 4) is 5.75 Å². The molecule has 1 saturated carbocycles. The Morgan fingerprint density at radius 1 is 1.21 bits per heavy atom. The highest BCUT2D eigenvalue weighted by atomic mass is 16.5. The molecule has 29 heavy (non-hydrogen) atoms. The molecule has 0 spiro atoms. The van der Waals surface area contributed by atoms with Crippen molar-refractivity contribution in [3.63, 3.8) is 0 Å². The molecule has 8 heteroatoms. The number of hydrogen-bond acceptors (Lipinski definition) is 6. The molecular formula is C21H29N5O3. The van der Waals surface area contributed by atoms with Crippen LogP contribution >= 0.6 is 0 Å². The summed E-state index contributed by atoms with van der Waals surface area (Å²) in [5.41, 5.74) is 3.69. The van der Waals surface area contributed by atoms with Crippen LogP contribution in [0.3, 0.4) is 0 Å². The number of rotatable bonds is 6. The second-order valence-electron chi connectivity index (χ2n) is 7.71. The van der Waals surface area contributed by atoms with Gasteiger partial charge in [-0.1, -0.05) is 19.8 Å².